The molecule has 1 aliphatic heterocycles. The first-order valence-corrected chi connectivity index (χ1v) is 11.8. The third kappa shape index (κ3) is 7.84. The number of hydrogen-bond donors (Lipinski definition) is 3. The summed E-state index contributed by atoms with van der Waals surface area (Å²) in [6.07, 6.45) is 1.65. The summed E-state index contributed by atoms with van der Waals surface area (Å²) in [6, 6.07) is 16.8. The van der Waals surface area contributed by atoms with Crippen LogP contribution in [0.15, 0.2) is 53.5 Å². The molecule has 1 unspecified atom stereocenters. The van der Waals surface area contributed by atoms with E-state index >= 15 is 0 Å². The van der Waals surface area contributed by atoms with E-state index in [0.717, 1.165) is 56.3 Å². The van der Waals surface area contributed by atoms with Crippen molar-refractivity contribution in [2.24, 2.45) is 4.99 Å². The molecule has 3 rings (SSSR count). The number of aryl methyl sites for hydroxylation is 1. The molecular weight excluding hydrogens is 400 g/mol. The Morgan fingerprint density at radius 2 is 1.78 bits per heavy atom. The number of hydrogen-bond acceptors (Lipinski definition) is 4. The lowest BCUT2D eigenvalue weighted by molar-refractivity contribution is 0.0792. The van der Waals surface area contributed by atoms with Gasteiger partial charge in [0.25, 0.3) is 0 Å². The number of aliphatic imine (C=N–C) groups is 1. The Balaban J connectivity index is 1.48. The molecule has 2 aromatic rings. The standard InChI is InChI=1S/C26H38N4O2/c1-4-27-26(28-17-21(3)32-25-8-6-5-7-20(25)2)29-18-22-9-11-23(12-10-22)19-30-15-13-24(31)14-16-30/h5-12,21,24,31H,4,13-19H2,1-3H3,(H2,27,28,29). The lowest BCUT2D eigenvalue weighted by atomic mass is 10.1. The lowest BCUT2D eigenvalue weighted by Crippen LogP contribution is -2.41. The number of piperidine rings is 1. The van der Waals surface area contributed by atoms with E-state index in [-0.39, 0.29) is 12.2 Å². The Hall–Kier alpha value is -2.57. The molecule has 1 fully saturated rings. The SMILES string of the molecule is CCNC(=NCc1ccc(CN2CCC(O)CC2)cc1)NCC(C)Oc1ccccc1C. The summed E-state index contributed by atoms with van der Waals surface area (Å²) < 4.78 is 6.05. The van der Waals surface area contributed by atoms with Crippen LogP contribution in [-0.2, 0) is 13.1 Å². The summed E-state index contributed by atoms with van der Waals surface area (Å²) >= 11 is 0. The lowest BCUT2D eigenvalue weighted by Gasteiger charge is -2.29. The highest BCUT2D eigenvalue weighted by Gasteiger charge is 2.16. The first-order chi connectivity index (χ1) is 15.5. The zero-order chi connectivity index (χ0) is 22.8. The topological polar surface area (TPSA) is 69.1 Å². The van der Waals surface area contributed by atoms with E-state index in [1.165, 1.54) is 11.1 Å². The van der Waals surface area contributed by atoms with Crippen LogP contribution in [0.2, 0.25) is 0 Å². The van der Waals surface area contributed by atoms with Gasteiger partial charge in [-0.1, -0.05) is 42.5 Å². The zero-order valence-corrected chi connectivity index (χ0v) is 19.7. The zero-order valence-electron chi connectivity index (χ0n) is 19.7. The number of aliphatic hydroxyl groups is 1. The number of ether oxygens (including phenoxy) is 1. The van der Waals surface area contributed by atoms with Crippen molar-refractivity contribution in [1.82, 2.24) is 15.5 Å². The van der Waals surface area contributed by atoms with Crippen LogP contribution in [0.5, 0.6) is 5.75 Å². The number of guanidine groups is 1. The fourth-order valence-electron chi connectivity index (χ4n) is 3.79. The maximum absolute atomic E-state index is 9.66. The predicted octanol–water partition coefficient (Wildman–Crippen LogP) is 3.47. The van der Waals surface area contributed by atoms with Crippen molar-refractivity contribution in [2.45, 2.75) is 58.9 Å². The van der Waals surface area contributed by atoms with E-state index in [4.69, 9.17) is 9.73 Å². The van der Waals surface area contributed by atoms with Gasteiger partial charge in [0.2, 0.25) is 0 Å². The van der Waals surface area contributed by atoms with Crippen LogP contribution in [0, 0.1) is 6.92 Å². The summed E-state index contributed by atoms with van der Waals surface area (Å²) in [7, 11) is 0. The van der Waals surface area contributed by atoms with Crippen molar-refractivity contribution in [3.05, 3.63) is 65.2 Å². The van der Waals surface area contributed by atoms with Crippen LogP contribution >= 0.6 is 0 Å². The normalized spacial score (nSPS) is 16.6. The van der Waals surface area contributed by atoms with Gasteiger partial charge in [-0.2, -0.15) is 0 Å². The monoisotopic (exact) mass is 438 g/mol. The van der Waals surface area contributed by atoms with Crippen molar-refractivity contribution in [1.29, 1.82) is 0 Å². The van der Waals surface area contributed by atoms with Gasteiger partial charge in [0, 0.05) is 26.2 Å². The quantitative estimate of drug-likeness (QED) is 0.413. The van der Waals surface area contributed by atoms with E-state index in [1.807, 2.05) is 18.2 Å². The Labute approximate surface area is 192 Å². The number of rotatable bonds is 9. The highest BCUT2D eigenvalue weighted by Crippen LogP contribution is 2.17. The Morgan fingerprint density at radius 3 is 2.47 bits per heavy atom. The van der Waals surface area contributed by atoms with Crippen molar-refractivity contribution in [3.8, 4) is 5.75 Å². The summed E-state index contributed by atoms with van der Waals surface area (Å²) in [5.74, 6) is 1.72. The number of aliphatic hydroxyl groups excluding tert-OH is 1. The van der Waals surface area contributed by atoms with Crippen LogP contribution in [0.3, 0.4) is 0 Å². The van der Waals surface area contributed by atoms with E-state index in [9.17, 15) is 5.11 Å². The molecule has 0 amide bonds. The molecule has 0 radical (unpaired) electrons. The van der Waals surface area contributed by atoms with Crippen molar-refractivity contribution < 1.29 is 9.84 Å². The molecule has 32 heavy (non-hydrogen) atoms. The van der Waals surface area contributed by atoms with Crippen molar-refractivity contribution in [2.75, 3.05) is 26.2 Å². The molecule has 6 heteroatoms. The maximum atomic E-state index is 9.66. The fraction of sp³-hybridized carbons (Fsp3) is 0.500. The molecule has 0 bridgehead atoms. The first kappa shape index (κ1) is 24.1. The molecule has 0 saturated carbocycles. The summed E-state index contributed by atoms with van der Waals surface area (Å²) in [5, 5.41) is 16.4. The Bertz CT molecular complexity index is 845. The number of nitrogens with one attached hydrogen (secondary N) is 2. The molecule has 2 aromatic carbocycles. The second kappa shape index (κ2) is 12.5. The highest BCUT2D eigenvalue weighted by atomic mass is 16.5. The third-order valence-corrected chi connectivity index (χ3v) is 5.73. The predicted molar refractivity (Wildman–Crippen MR) is 131 cm³/mol. The molecule has 1 heterocycles. The first-order valence-electron chi connectivity index (χ1n) is 11.8. The number of likely N-dealkylation sites (tertiary alicyclic amines) is 1. The van der Waals surface area contributed by atoms with Crippen molar-refractivity contribution in [3.63, 3.8) is 0 Å². The van der Waals surface area contributed by atoms with Crippen LogP contribution in [-0.4, -0.2) is 54.4 Å². The Kier molecular flexibility index (Phi) is 9.38. The van der Waals surface area contributed by atoms with E-state index in [0.29, 0.717) is 13.1 Å². The second-order valence-corrected chi connectivity index (χ2v) is 8.59. The van der Waals surface area contributed by atoms with Gasteiger partial charge in [-0.05, 0) is 56.4 Å². The number of para-hydroxylation sites is 1. The average Bonchev–Trinajstić information content (AvgIpc) is 2.80. The average molecular weight is 439 g/mol. The molecular formula is C26H38N4O2. The van der Waals surface area contributed by atoms with Gasteiger partial charge >= 0.3 is 0 Å². The minimum Gasteiger partial charge on any atom is -0.489 e. The highest BCUT2D eigenvalue weighted by molar-refractivity contribution is 5.79. The van der Waals surface area contributed by atoms with Gasteiger partial charge in [-0.3, -0.25) is 4.90 Å². The molecule has 0 spiro atoms. The molecule has 1 saturated heterocycles. The van der Waals surface area contributed by atoms with E-state index < -0.39 is 0 Å². The summed E-state index contributed by atoms with van der Waals surface area (Å²) in [4.78, 5) is 7.14. The molecule has 6 nitrogen and oxygen atoms in total. The second-order valence-electron chi connectivity index (χ2n) is 8.59. The van der Waals surface area contributed by atoms with Crippen LogP contribution in [0.25, 0.3) is 0 Å². The van der Waals surface area contributed by atoms with Gasteiger partial charge < -0.3 is 20.5 Å². The van der Waals surface area contributed by atoms with Crippen LogP contribution in [0.1, 0.15) is 43.4 Å². The van der Waals surface area contributed by atoms with E-state index in [2.05, 4.69) is 66.6 Å². The Morgan fingerprint density at radius 1 is 1.09 bits per heavy atom. The van der Waals surface area contributed by atoms with Gasteiger partial charge in [-0.25, -0.2) is 4.99 Å². The maximum Gasteiger partial charge on any atom is 0.191 e. The third-order valence-electron chi connectivity index (χ3n) is 5.73. The van der Waals surface area contributed by atoms with Gasteiger partial charge in [0.05, 0.1) is 19.2 Å². The van der Waals surface area contributed by atoms with Gasteiger partial charge in [-0.15, -0.1) is 0 Å². The molecule has 1 aliphatic rings. The molecule has 3 N–H and O–H groups in total. The van der Waals surface area contributed by atoms with Crippen LogP contribution in [0.4, 0.5) is 0 Å². The fourth-order valence-corrected chi connectivity index (χ4v) is 3.79. The van der Waals surface area contributed by atoms with Gasteiger partial charge in [0.1, 0.15) is 11.9 Å². The molecule has 1 atom stereocenters. The smallest absolute Gasteiger partial charge is 0.191 e. The summed E-state index contributed by atoms with van der Waals surface area (Å²) in [6.45, 7) is 11.2. The molecule has 0 aliphatic carbocycles. The van der Waals surface area contributed by atoms with Gasteiger partial charge in [0.15, 0.2) is 5.96 Å². The van der Waals surface area contributed by atoms with E-state index in [1.54, 1.807) is 0 Å². The minimum atomic E-state index is -0.122. The van der Waals surface area contributed by atoms with Crippen LogP contribution < -0.4 is 15.4 Å². The minimum absolute atomic E-state index is 0.0233. The van der Waals surface area contributed by atoms with Crippen molar-refractivity contribution >= 4 is 5.96 Å². The number of nitrogens with zero attached hydrogens (tertiary/aromatic N) is 2. The molecule has 0 aromatic heterocycles. The summed E-state index contributed by atoms with van der Waals surface area (Å²) in [5.41, 5.74) is 3.63. The largest absolute Gasteiger partial charge is 0.489 e. The molecule has 174 valence electrons. The number of benzene rings is 2.